The molecule has 3 heterocycles. The van der Waals surface area contributed by atoms with Crippen LogP contribution in [-0.2, 0) is 14.3 Å². The Bertz CT molecular complexity index is 1620. The lowest BCUT2D eigenvalue weighted by Crippen LogP contribution is -2.36. The van der Waals surface area contributed by atoms with Gasteiger partial charge in [0, 0.05) is 54.5 Å². The number of rotatable bonds is 9. The minimum absolute atomic E-state index is 0.354. The molecule has 3 aromatic carbocycles. The van der Waals surface area contributed by atoms with Crippen molar-refractivity contribution in [1.29, 1.82) is 0 Å². The number of nitrogens with zero attached hydrogens (tertiary/aromatic N) is 4. The highest BCUT2D eigenvalue weighted by Gasteiger charge is 2.16. The Morgan fingerprint density at radius 3 is 2.23 bits per heavy atom. The van der Waals surface area contributed by atoms with Crippen molar-refractivity contribution >= 4 is 57.6 Å². The molecule has 1 amide bonds. The van der Waals surface area contributed by atoms with E-state index >= 15 is 0 Å². The molecule has 0 saturated carbocycles. The van der Waals surface area contributed by atoms with E-state index in [1.54, 1.807) is 18.3 Å². The summed E-state index contributed by atoms with van der Waals surface area (Å²) in [5.41, 5.74) is 6.55. The van der Waals surface area contributed by atoms with Crippen molar-refractivity contribution in [2.45, 2.75) is 0 Å². The summed E-state index contributed by atoms with van der Waals surface area (Å²) < 4.78 is 11.0. The predicted octanol–water partition coefficient (Wildman–Crippen LogP) is 6.08. The molecule has 11 heteroatoms. The first-order valence-corrected chi connectivity index (χ1v) is 14.9. The summed E-state index contributed by atoms with van der Waals surface area (Å²) in [6.07, 6.45) is 2.96. The average molecular weight is 612 g/mol. The summed E-state index contributed by atoms with van der Waals surface area (Å²) in [4.78, 5) is 26.2. The van der Waals surface area contributed by atoms with Gasteiger partial charge in [-0.15, -0.1) is 0 Å². The van der Waals surface area contributed by atoms with Gasteiger partial charge in [-0.1, -0.05) is 30.3 Å². The van der Waals surface area contributed by atoms with Gasteiger partial charge in [-0.05, 0) is 60.7 Å². The van der Waals surface area contributed by atoms with Gasteiger partial charge < -0.3 is 35.2 Å². The van der Waals surface area contributed by atoms with Crippen LogP contribution >= 0.6 is 11.6 Å². The molecular formula is C33H34ClN7O3. The number of benzene rings is 3. The number of carbonyl (C=O) groups is 1. The zero-order chi connectivity index (χ0) is 30.3. The summed E-state index contributed by atoms with van der Waals surface area (Å²) in [6, 6.07) is 21.8. The Morgan fingerprint density at radius 1 is 0.818 bits per heavy atom. The third kappa shape index (κ3) is 7.11. The summed E-state index contributed by atoms with van der Waals surface area (Å²) in [5, 5.41) is 10.0. The van der Waals surface area contributed by atoms with E-state index in [1.807, 2.05) is 30.3 Å². The van der Waals surface area contributed by atoms with E-state index in [4.69, 9.17) is 26.1 Å². The molecule has 0 unspecified atom stereocenters. The van der Waals surface area contributed by atoms with E-state index in [1.165, 1.54) is 6.08 Å². The molecule has 0 atom stereocenters. The molecule has 6 rings (SSSR count). The zero-order valence-corrected chi connectivity index (χ0v) is 25.0. The molecule has 2 saturated heterocycles. The number of hydrogen-bond acceptors (Lipinski definition) is 9. The topological polar surface area (TPSA) is 104 Å². The van der Waals surface area contributed by atoms with Gasteiger partial charge in [0.1, 0.15) is 0 Å². The number of morpholine rings is 2. The molecule has 2 aliphatic rings. The van der Waals surface area contributed by atoms with Gasteiger partial charge in [0.2, 0.25) is 11.9 Å². The second-order valence-electron chi connectivity index (χ2n) is 10.4. The van der Waals surface area contributed by atoms with Gasteiger partial charge in [0.15, 0.2) is 0 Å². The van der Waals surface area contributed by atoms with Crippen molar-refractivity contribution in [1.82, 2.24) is 9.97 Å². The Morgan fingerprint density at radius 2 is 1.52 bits per heavy atom. The lowest BCUT2D eigenvalue weighted by Gasteiger charge is -2.29. The fourth-order valence-corrected chi connectivity index (χ4v) is 5.33. The SMILES string of the molecule is C=CC(=O)Nc1cc(-c2nc(Nc3cccc(N4CCOCC4)c3)ncc2Nc2ccc(N3CCOCC3)cc2)ccc1Cl. The van der Waals surface area contributed by atoms with Crippen LogP contribution in [0.25, 0.3) is 11.3 Å². The molecule has 3 N–H and O–H groups in total. The lowest BCUT2D eigenvalue weighted by atomic mass is 10.1. The van der Waals surface area contributed by atoms with Gasteiger partial charge in [0.25, 0.3) is 0 Å². The first-order valence-electron chi connectivity index (χ1n) is 14.6. The third-order valence-corrected chi connectivity index (χ3v) is 7.80. The molecule has 0 bridgehead atoms. The van der Waals surface area contributed by atoms with E-state index < -0.39 is 0 Å². The van der Waals surface area contributed by atoms with Gasteiger partial charge >= 0.3 is 0 Å². The number of amides is 1. The van der Waals surface area contributed by atoms with Gasteiger partial charge in [-0.2, -0.15) is 0 Å². The monoisotopic (exact) mass is 611 g/mol. The van der Waals surface area contributed by atoms with Crippen molar-refractivity contribution in [2.75, 3.05) is 78.4 Å². The van der Waals surface area contributed by atoms with Gasteiger partial charge in [-0.3, -0.25) is 4.79 Å². The largest absolute Gasteiger partial charge is 0.378 e. The Labute approximate surface area is 261 Å². The molecule has 0 spiro atoms. The number of hydrogen-bond donors (Lipinski definition) is 3. The number of anilines is 7. The average Bonchev–Trinajstić information content (AvgIpc) is 3.07. The molecule has 0 aliphatic carbocycles. The number of aromatic nitrogens is 2. The van der Waals surface area contributed by atoms with E-state index in [-0.39, 0.29) is 5.91 Å². The van der Waals surface area contributed by atoms with Crippen molar-refractivity contribution in [3.63, 3.8) is 0 Å². The number of nitrogens with one attached hydrogen (secondary N) is 3. The molecule has 44 heavy (non-hydrogen) atoms. The minimum atomic E-state index is -0.354. The van der Waals surface area contributed by atoms with Gasteiger partial charge in [-0.25, -0.2) is 9.97 Å². The molecule has 10 nitrogen and oxygen atoms in total. The number of halogens is 1. The number of ether oxygens (including phenoxy) is 2. The Kier molecular flexibility index (Phi) is 9.21. The van der Waals surface area contributed by atoms with E-state index in [9.17, 15) is 4.79 Å². The molecule has 2 aliphatic heterocycles. The van der Waals surface area contributed by atoms with E-state index in [2.05, 4.69) is 61.6 Å². The summed E-state index contributed by atoms with van der Waals surface area (Å²) in [6.45, 7) is 9.86. The number of carbonyl (C=O) groups excluding carboxylic acids is 1. The van der Waals surface area contributed by atoms with Crippen LogP contribution in [0.3, 0.4) is 0 Å². The van der Waals surface area contributed by atoms with Crippen molar-refractivity contribution in [3.05, 3.63) is 90.6 Å². The second kappa shape index (κ2) is 13.8. The molecule has 1 aromatic heterocycles. The highest BCUT2D eigenvalue weighted by Crippen LogP contribution is 2.34. The fraction of sp³-hybridized carbons (Fsp3) is 0.242. The molecule has 2 fully saturated rings. The molecule has 0 radical (unpaired) electrons. The van der Waals surface area contributed by atoms with Crippen LogP contribution in [0.4, 0.5) is 40.1 Å². The third-order valence-electron chi connectivity index (χ3n) is 7.47. The van der Waals surface area contributed by atoms with E-state index in [0.29, 0.717) is 41.3 Å². The van der Waals surface area contributed by atoms with E-state index in [0.717, 1.165) is 67.7 Å². The van der Waals surface area contributed by atoms with Crippen molar-refractivity contribution in [2.24, 2.45) is 0 Å². The second-order valence-corrected chi connectivity index (χ2v) is 10.8. The minimum Gasteiger partial charge on any atom is -0.378 e. The zero-order valence-electron chi connectivity index (χ0n) is 24.3. The summed E-state index contributed by atoms with van der Waals surface area (Å²) >= 11 is 6.42. The first kappa shape index (κ1) is 29.4. The normalized spacial score (nSPS) is 15.0. The fourth-order valence-electron chi connectivity index (χ4n) is 5.17. The van der Waals surface area contributed by atoms with Crippen LogP contribution in [0.5, 0.6) is 0 Å². The highest BCUT2D eigenvalue weighted by atomic mass is 35.5. The maximum atomic E-state index is 12.1. The first-order chi connectivity index (χ1) is 21.6. The van der Waals surface area contributed by atoms with Crippen LogP contribution in [-0.4, -0.2) is 68.5 Å². The van der Waals surface area contributed by atoms with Crippen LogP contribution < -0.4 is 25.8 Å². The van der Waals surface area contributed by atoms with Crippen molar-refractivity contribution in [3.8, 4) is 11.3 Å². The lowest BCUT2D eigenvalue weighted by molar-refractivity contribution is -0.111. The summed E-state index contributed by atoms with van der Waals surface area (Å²) in [5.74, 6) is 0.0759. The highest BCUT2D eigenvalue weighted by molar-refractivity contribution is 6.34. The maximum absolute atomic E-state index is 12.1. The van der Waals surface area contributed by atoms with Crippen molar-refractivity contribution < 1.29 is 14.3 Å². The Balaban J connectivity index is 1.30. The van der Waals surface area contributed by atoms with Gasteiger partial charge in [0.05, 0.1) is 54.7 Å². The van der Waals surface area contributed by atoms with Crippen LogP contribution in [0.2, 0.25) is 5.02 Å². The predicted molar refractivity (Wildman–Crippen MR) is 177 cm³/mol. The van der Waals surface area contributed by atoms with Crippen LogP contribution in [0.1, 0.15) is 0 Å². The standard InChI is InChI=1S/C33H34ClN7O3/c1-2-31(42)38-29-20-23(6-11-28(29)34)32-30(36-24-7-9-26(10-8-24)40-12-16-43-17-13-40)22-35-33(39-32)37-25-4-3-5-27(21-25)41-14-18-44-19-15-41/h2-11,20-22,36H,1,12-19H2,(H,38,42)(H,35,37,39). The smallest absolute Gasteiger partial charge is 0.247 e. The molecule has 226 valence electrons. The van der Waals surface area contributed by atoms with Crippen LogP contribution in [0, 0.1) is 0 Å². The molecule has 4 aromatic rings. The molecular weight excluding hydrogens is 578 g/mol. The van der Waals surface area contributed by atoms with Crippen LogP contribution in [0.15, 0.2) is 85.6 Å². The maximum Gasteiger partial charge on any atom is 0.247 e. The summed E-state index contributed by atoms with van der Waals surface area (Å²) in [7, 11) is 0. The quantitative estimate of drug-likeness (QED) is 0.194. The Hall–Kier alpha value is -4.64.